The summed E-state index contributed by atoms with van der Waals surface area (Å²) >= 11 is 0. The molecule has 2 amide bonds. The Morgan fingerprint density at radius 1 is 0.923 bits per heavy atom. The number of benzene rings is 2. The Morgan fingerprint density at radius 2 is 1.46 bits per heavy atom. The first-order valence-corrected chi connectivity index (χ1v) is 7.01. The Hall–Kier alpha value is -4.02. The summed E-state index contributed by atoms with van der Waals surface area (Å²) in [6.07, 6.45) is 0. The van der Waals surface area contributed by atoms with Crippen LogP contribution in [0.5, 0.6) is 5.75 Å². The number of non-ortho nitro benzene ring substituents is 2. The molecule has 134 valence electrons. The minimum Gasteiger partial charge on any atom is -0.496 e. The quantitative estimate of drug-likeness (QED) is 0.606. The Balaban J connectivity index is 2.18. The number of nitro benzene ring substituents is 2. The van der Waals surface area contributed by atoms with E-state index in [0.29, 0.717) is 0 Å². The maximum atomic E-state index is 12.1. The highest BCUT2D eigenvalue weighted by atomic mass is 16.6. The molecule has 2 rings (SSSR count). The van der Waals surface area contributed by atoms with E-state index in [0.717, 1.165) is 18.2 Å². The number of rotatable bonds is 5. The van der Waals surface area contributed by atoms with Crippen LogP contribution < -0.4 is 15.6 Å². The summed E-state index contributed by atoms with van der Waals surface area (Å²) in [6, 6.07) is 8.68. The molecule has 0 aliphatic rings. The smallest absolute Gasteiger partial charge is 0.277 e. The van der Waals surface area contributed by atoms with Crippen molar-refractivity contribution in [2.45, 2.75) is 0 Å². The monoisotopic (exact) mass is 360 g/mol. The van der Waals surface area contributed by atoms with E-state index >= 15 is 0 Å². The van der Waals surface area contributed by atoms with Gasteiger partial charge in [0.05, 0.1) is 34.1 Å². The highest BCUT2D eigenvalue weighted by Crippen LogP contribution is 2.22. The van der Waals surface area contributed by atoms with E-state index in [9.17, 15) is 29.8 Å². The van der Waals surface area contributed by atoms with Gasteiger partial charge >= 0.3 is 0 Å². The lowest BCUT2D eigenvalue weighted by molar-refractivity contribution is -0.394. The summed E-state index contributed by atoms with van der Waals surface area (Å²) in [6.45, 7) is 0. The number of nitrogens with one attached hydrogen (secondary N) is 2. The van der Waals surface area contributed by atoms with Crippen LogP contribution in [0.2, 0.25) is 0 Å². The van der Waals surface area contributed by atoms with Gasteiger partial charge in [0, 0.05) is 12.1 Å². The fourth-order valence-electron chi connectivity index (χ4n) is 2.02. The first kappa shape index (κ1) is 18.3. The summed E-state index contributed by atoms with van der Waals surface area (Å²) in [5, 5.41) is 21.7. The molecular weight excluding hydrogens is 348 g/mol. The number of carbonyl (C=O) groups is 2. The number of hydrogen-bond acceptors (Lipinski definition) is 7. The second-order valence-electron chi connectivity index (χ2n) is 4.86. The van der Waals surface area contributed by atoms with Gasteiger partial charge in [-0.1, -0.05) is 12.1 Å². The molecule has 2 aromatic carbocycles. The Bertz CT molecular complexity index is 865. The summed E-state index contributed by atoms with van der Waals surface area (Å²) in [5.74, 6) is -1.39. The second-order valence-corrected chi connectivity index (χ2v) is 4.86. The van der Waals surface area contributed by atoms with Crippen molar-refractivity contribution in [1.82, 2.24) is 10.9 Å². The predicted molar refractivity (Wildman–Crippen MR) is 87.7 cm³/mol. The largest absolute Gasteiger partial charge is 0.496 e. The summed E-state index contributed by atoms with van der Waals surface area (Å²) in [5.41, 5.74) is 2.69. The van der Waals surface area contributed by atoms with Crippen molar-refractivity contribution in [1.29, 1.82) is 0 Å². The zero-order valence-electron chi connectivity index (χ0n) is 13.3. The zero-order valence-corrected chi connectivity index (χ0v) is 13.3. The number of nitro groups is 2. The minimum absolute atomic E-state index is 0.139. The van der Waals surface area contributed by atoms with Crippen molar-refractivity contribution < 1.29 is 24.2 Å². The fourth-order valence-corrected chi connectivity index (χ4v) is 2.02. The number of nitrogens with zero attached hydrogens (tertiary/aromatic N) is 2. The number of hydrogen-bond donors (Lipinski definition) is 2. The van der Waals surface area contributed by atoms with Gasteiger partial charge in [0.1, 0.15) is 5.75 Å². The van der Waals surface area contributed by atoms with Gasteiger partial charge in [-0.2, -0.15) is 0 Å². The molecule has 0 radical (unpaired) electrons. The lowest BCUT2D eigenvalue weighted by atomic mass is 10.1. The van der Waals surface area contributed by atoms with Crippen molar-refractivity contribution in [2.24, 2.45) is 0 Å². The zero-order chi connectivity index (χ0) is 19.3. The highest BCUT2D eigenvalue weighted by molar-refractivity contribution is 6.00. The fraction of sp³-hybridized carbons (Fsp3) is 0.0667. The van der Waals surface area contributed by atoms with Crippen LogP contribution >= 0.6 is 0 Å². The number of para-hydroxylation sites is 1. The van der Waals surface area contributed by atoms with Gasteiger partial charge in [-0.25, -0.2) is 0 Å². The van der Waals surface area contributed by atoms with Crippen LogP contribution in [0.1, 0.15) is 20.7 Å². The standard InChI is InChI=1S/C15H12N4O7/c1-26-13-5-3-2-4-12(13)15(21)17-16-14(20)9-6-10(18(22)23)8-11(7-9)19(24)25/h2-8H,1H3,(H,16,20)(H,17,21). The number of amides is 2. The maximum Gasteiger partial charge on any atom is 0.277 e. The molecule has 0 fully saturated rings. The average Bonchev–Trinajstić information content (AvgIpc) is 2.65. The average molecular weight is 360 g/mol. The molecule has 0 aliphatic carbocycles. The molecule has 0 atom stereocenters. The van der Waals surface area contributed by atoms with Crippen molar-refractivity contribution in [3.63, 3.8) is 0 Å². The van der Waals surface area contributed by atoms with Crippen LogP contribution in [0.3, 0.4) is 0 Å². The summed E-state index contributed by atoms with van der Waals surface area (Å²) in [4.78, 5) is 44.1. The third-order valence-electron chi connectivity index (χ3n) is 3.23. The van der Waals surface area contributed by atoms with E-state index in [1.54, 1.807) is 18.2 Å². The summed E-state index contributed by atoms with van der Waals surface area (Å²) in [7, 11) is 1.37. The maximum absolute atomic E-state index is 12.1. The van der Waals surface area contributed by atoms with Crippen molar-refractivity contribution in [3.05, 3.63) is 73.8 Å². The molecule has 26 heavy (non-hydrogen) atoms. The van der Waals surface area contributed by atoms with Crippen LogP contribution in [0.4, 0.5) is 11.4 Å². The van der Waals surface area contributed by atoms with Crippen LogP contribution in [0.25, 0.3) is 0 Å². The number of carbonyl (C=O) groups excluding carboxylic acids is 2. The highest BCUT2D eigenvalue weighted by Gasteiger charge is 2.20. The molecule has 0 aromatic heterocycles. The normalized spacial score (nSPS) is 9.88. The van der Waals surface area contributed by atoms with Crippen LogP contribution in [0, 0.1) is 20.2 Å². The predicted octanol–water partition coefficient (Wildman–Crippen LogP) is 1.59. The molecular formula is C15H12N4O7. The van der Waals surface area contributed by atoms with Crippen molar-refractivity contribution in [3.8, 4) is 5.75 Å². The second kappa shape index (κ2) is 7.70. The number of ether oxygens (including phenoxy) is 1. The molecule has 11 heteroatoms. The SMILES string of the molecule is COc1ccccc1C(=O)NNC(=O)c1cc([N+](=O)[O-])cc([N+](=O)[O-])c1. The first-order chi connectivity index (χ1) is 12.3. The minimum atomic E-state index is -0.958. The topological polar surface area (TPSA) is 154 Å². The molecule has 0 unspecified atom stereocenters. The van der Waals surface area contributed by atoms with E-state index in [-0.39, 0.29) is 16.9 Å². The molecule has 2 N–H and O–H groups in total. The van der Waals surface area contributed by atoms with E-state index < -0.39 is 33.0 Å². The van der Waals surface area contributed by atoms with E-state index in [1.165, 1.54) is 13.2 Å². The molecule has 0 saturated carbocycles. The molecule has 0 saturated heterocycles. The first-order valence-electron chi connectivity index (χ1n) is 7.01. The van der Waals surface area contributed by atoms with Gasteiger partial charge < -0.3 is 4.74 Å². The van der Waals surface area contributed by atoms with E-state index in [2.05, 4.69) is 5.43 Å². The molecule has 0 aliphatic heterocycles. The third-order valence-corrected chi connectivity index (χ3v) is 3.23. The Morgan fingerprint density at radius 3 is 2.00 bits per heavy atom. The van der Waals surface area contributed by atoms with Crippen LogP contribution in [-0.4, -0.2) is 28.8 Å². The van der Waals surface area contributed by atoms with Gasteiger partial charge in [0.2, 0.25) is 0 Å². The lowest BCUT2D eigenvalue weighted by Gasteiger charge is -2.10. The van der Waals surface area contributed by atoms with Gasteiger partial charge in [-0.05, 0) is 12.1 Å². The van der Waals surface area contributed by atoms with Gasteiger partial charge in [-0.15, -0.1) is 0 Å². The van der Waals surface area contributed by atoms with E-state index in [4.69, 9.17) is 4.74 Å². The molecule has 0 heterocycles. The van der Waals surface area contributed by atoms with Crippen molar-refractivity contribution >= 4 is 23.2 Å². The van der Waals surface area contributed by atoms with Crippen molar-refractivity contribution in [2.75, 3.05) is 7.11 Å². The lowest BCUT2D eigenvalue weighted by Crippen LogP contribution is -2.41. The number of hydrazine groups is 1. The molecule has 0 spiro atoms. The van der Waals surface area contributed by atoms with Crippen LogP contribution in [0.15, 0.2) is 42.5 Å². The summed E-state index contributed by atoms with van der Waals surface area (Å²) < 4.78 is 5.02. The third kappa shape index (κ3) is 4.08. The number of methoxy groups -OCH3 is 1. The van der Waals surface area contributed by atoms with E-state index in [1.807, 2.05) is 5.43 Å². The van der Waals surface area contributed by atoms with Crippen LogP contribution in [-0.2, 0) is 0 Å². The van der Waals surface area contributed by atoms with Gasteiger partial charge in [0.25, 0.3) is 23.2 Å². The Kier molecular flexibility index (Phi) is 5.43. The van der Waals surface area contributed by atoms with Gasteiger partial charge in [-0.3, -0.25) is 40.7 Å². The molecule has 2 aromatic rings. The Labute approximate surface area is 145 Å². The molecule has 0 bridgehead atoms. The molecule has 11 nitrogen and oxygen atoms in total. The van der Waals surface area contributed by atoms with Gasteiger partial charge in [0.15, 0.2) is 0 Å².